The Hall–Kier alpha value is -2.62. The molecule has 2 aromatic rings. The van der Waals surface area contributed by atoms with E-state index >= 15 is 0 Å². The molecule has 212 valence electrons. The molecule has 7 nitrogen and oxygen atoms in total. The highest BCUT2D eigenvalue weighted by Crippen LogP contribution is 2.28. The van der Waals surface area contributed by atoms with E-state index in [1.807, 2.05) is 38.1 Å². The molecule has 0 aliphatic heterocycles. The first kappa shape index (κ1) is 30.9. The summed E-state index contributed by atoms with van der Waals surface area (Å²) in [6, 6.07) is 12.1. The molecular formula is C29H39ClFN5O2S. The second kappa shape index (κ2) is 15.8. The molecule has 3 amide bonds. The zero-order valence-electron chi connectivity index (χ0n) is 22.6. The normalized spacial score (nSPS) is 18.3. The lowest BCUT2D eigenvalue weighted by Crippen LogP contribution is -2.40. The van der Waals surface area contributed by atoms with Crippen molar-refractivity contribution in [1.29, 1.82) is 0 Å². The topological polar surface area (TPSA) is 109 Å². The summed E-state index contributed by atoms with van der Waals surface area (Å²) in [7, 11) is 0. The smallest absolute Gasteiger partial charge is 0.335 e. The molecule has 0 aromatic heterocycles. The van der Waals surface area contributed by atoms with Crippen LogP contribution in [-0.4, -0.2) is 36.0 Å². The first-order valence-electron chi connectivity index (χ1n) is 13.5. The molecule has 0 heterocycles. The number of carbonyl (C=O) groups is 2. The molecule has 5 N–H and O–H groups in total. The van der Waals surface area contributed by atoms with Gasteiger partial charge in [0, 0.05) is 47.1 Å². The number of aryl methyl sites for hydroxylation is 1. The maximum atomic E-state index is 14.0. The fourth-order valence-electron chi connectivity index (χ4n) is 4.45. The number of nitrogens with zero attached hydrogens (tertiary/aromatic N) is 1. The van der Waals surface area contributed by atoms with Crippen LogP contribution in [0.1, 0.15) is 55.7 Å². The highest BCUT2D eigenvalue weighted by Gasteiger charge is 2.26. The van der Waals surface area contributed by atoms with Crippen LogP contribution in [0.2, 0.25) is 5.02 Å². The van der Waals surface area contributed by atoms with Gasteiger partial charge in [-0.3, -0.25) is 4.79 Å². The first-order chi connectivity index (χ1) is 18.8. The van der Waals surface area contributed by atoms with Crippen LogP contribution in [0.5, 0.6) is 0 Å². The zero-order valence-corrected chi connectivity index (χ0v) is 24.2. The molecule has 1 aliphatic carbocycles. The molecule has 2 aromatic carbocycles. The summed E-state index contributed by atoms with van der Waals surface area (Å²) >= 11 is 7.55. The quantitative estimate of drug-likeness (QED) is 0.197. The highest BCUT2D eigenvalue weighted by atomic mass is 35.5. The van der Waals surface area contributed by atoms with Crippen LogP contribution in [0.4, 0.5) is 9.18 Å². The second-order valence-corrected chi connectivity index (χ2v) is 11.4. The van der Waals surface area contributed by atoms with Crippen LogP contribution in [0.3, 0.4) is 0 Å². The third-order valence-corrected chi connectivity index (χ3v) is 8.43. The molecule has 1 aliphatic rings. The van der Waals surface area contributed by atoms with Gasteiger partial charge < -0.3 is 16.4 Å². The van der Waals surface area contributed by atoms with Crippen molar-refractivity contribution in [1.82, 2.24) is 16.1 Å². The van der Waals surface area contributed by atoms with Gasteiger partial charge in [0.1, 0.15) is 5.82 Å². The Morgan fingerprint density at radius 3 is 2.51 bits per heavy atom. The van der Waals surface area contributed by atoms with Gasteiger partial charge in [-0.15, -0.1) is 0 Å². The van der Waals surface area contributed by atoms with E-state index in [-0.39, 0.29) is 23.7 Å². The number of carbonyl (C=O) groups excluding carboxylic acids is 2. The molecule has 10 heteroatoms. The summed E-state index contributed by atoms with van der Waals surface area (Å²) < 4.78 is 14.0. The van der Waals surface area contributed by atoms with Crippen molar-refractivity contribution in [3.63, 3.8) is 0 Å². The number of urea groups is 1. The standard InChI is InChI=1S/C29H39ClFN5O2S/c1-3-26(32)27(18-39-17-23-24(30)5-4-6-25(23)31)35-36-29(38)34-16-21-11-13-22(14-12-21)28(37)33-15-20-9-7-19(2)8-10-20/h4-10,21-22,26H,3,11-18,32H2,1-2H3,(H,33,37)(H2,34,36,38)/b35-27+/t21?,22?,26-/m0/s1. The van der Waals surface area contributed by atoms with Gasteiger partial charge in [-0.1, -0.05) is 54.4 Å². The van der Waals surface area contributed by atoms with Gasteiger partial charge in [0.25, 0.3) is 0 Å². The second-order valence-electron chi connectivity index (χ2n) is 10.1. The molecule has 0 bridgehead atoms. The van der Waals surface area contributed by atoms with Crippen LogP contribution < -0.4 is 21.8 Å². The lowest BCUT2D eigenvalue weighted by Gasteiger charge is -2.27. The van der Waals surface area contributed by atoms with E-state index in [0.29, 0.717) is 53.2 Å². The maximum Gasteiger partial charge on any atom is 0.335 e. The van der Waals surface area contributed by atoms with E-state index in [9.17, 15) is 14.0 Å². The summed E-state index contributed by atoms with van der Waals surface area (Å²) in [5.74, 6) is 0.904. The Bertz CT molecular complexity index is 1100. The number of amides is 3. The van der Waals surface area contributed by atoms with Crippen LogP contribution in [0.25, 0.3) is 0 Å². The Balaban J connectivity index is 1.37. The van der Waals surface area contributed by atoms with E-state index in [1.54, 1.807) is 12.1 Å². The van der Waals surface area contributed by atoms with E-state index in [0.717, 1.165) is 31.2 Å². The predicted octanol–water partition coefficient (Wildman–Crippen LogP) is 5.54. The third-order valence-electron chi connectivity index (χ3n) is 7.08. The van der Waals surface area contributed by atoms with Crippen molar-refractivity contribution in [3.8, 4) is 0 Å². The van der Waals surface area contributed by atoms with Gasteiger partial charge >= 0.3 is 6.03 Å². The third kappa shape index (κ3) is 10.1. The van der Waals surface area contributed by atoms with Gasteiger partial charge in [0.05, 0.1) is 5.71 Å². The van der Waals surface area contributed by atoms with Crippen molar-refractivity contribution in [2.24, 2.45) is 22.7 Å². The number of hydrazone groups is 1. The molecule has 0 unspecified atom stereocenters. The molecule has 0 saturated heterocycles. The van der Waals surface area contributed by atoms with Gasteiger partial charge in [-0.2, -0.15) is 16.9 Å². The average molecular weight is 576 g/mol. The Morgan fingerprint density at radius 2 is 1.85 bits per heavy atom. The van der Waals surface area contributed by atoms with Crippen LogP contribution in [-0.2, 0) is 17.1 Å². The van der Waals surface area contributed by atoms with E-state index in [1.165, 1.54) is 23.4 Å². The van der Waals surface area contributed by atoms with E-state index in [2.05, 4.69) is 21.2 Å². The summed E-state index contributed by atoms with van der Waals surface area (Å²) in [6.45, 7) is 5.05. The molecule has 3 rings (SSSR count). The summed E-state index contributed by atoms with van der Waals surface area (Å²) in [6.07, 6.45) is 4.04. The zero-order chi connectivity index (χ0) is 28.2. The molecule has 1 saturated carbocycles. The Kier molecular flexibility index (Phi) is 12.6. The number of thioether (sulfide) groups is 1. The highest BCUT2D eigenvalue weighted by molar-refractivity contribution is 7.99. The monoisotopic (exact) mass is 575 g/mol. The van der Waals surface area contributed by atoms with E-state index < -0.39 is 6.03 Å². The fraction of sp³-hybridized carbons (Fsp3) is 0.483. The van der Waals surface area contributed by atoms with Gasteiger partial charge in [0.15, 0.2) is 0 Å². The Labute approximate surface area is 239 Å². The number of halogens is 2. The number of rotatable bonds is 12. The molecule has 39 heavy (non-hydrogen) atoms. The summed E-state index contributed by atoms with van der Waals surface area (Å²) in [5.41, 5.74) is 12.1. The van der Waals surface area contributed by atoms with Gasteiger partial charge in [0.2, 0.25) is 5.91 Å². The van der Waals surface area contributed by atoms with Crippen molar-refractivity contribution in [2.45, 2.75) is 64.3 Å². The number of nitrogens with two attached hydrogens (primary N) is 1. The van der Waals surface area contributed by atoms with E-state index in [4.69, 9.17) is 17.3 Å². The van der Waals surface area contributed by atoms with Crippen molar-refractivity contribution in [2.75, 3.05) is 12.3 Å². The van der Waals surface area contributed by atoms with Crippen LogP contribution in [0, 0.1) is 24.6 Å². The van der Waals surface area contributed by atoms with Crippen molar-refractivity contribution in [3.05, 3.63) is 70.0 Å². The Morgan fingerprint density at radius 1 is 1.13 bits per heavy atom. The average Bonchev–Trinajstić information content (AvgIpc) is 2.94. The summed E-state index contributed by atoms with van der Waals surface area (Å²) in [5, 5.41) is 10.6. The van der Waals surface area contributed by atoms with Crippen molar-refractivity contribution < 1.29 is 14.0 Å². The number of benzene rings is 2. The van der Waals surface area contributed by atoms with Crippen LogP contribution in [0.15, 0.2) is 47.6 Å². The largest absolute Gasteiger partial charge is 0.352 e. The molecule has 1 fully saturated rings. The number of nitrogens with one attached hydrogen (secondary N) is 3. The van der Waals surface area contributed by atoms with Crippen LogP contribution >= 0.6 is 23.4 Å². The molecule has 0 spiro atoms. The lowest BCUT2D eigenvalue weighted by atomic mass is 9.81. The molecule has 1 atom stereocenters. The minimum Gasteiger partial charge on any atom is -0.352 e. The summed E-state index contributed by atoms with van der Waals surface area (Å²) in [4.78, 5) is 25.0. The van der Waals surface area contributed by atoms with Gasteiger partial charge in [-0.25, -0.2) is 14.6 Å². The fourth-order valence-corrected chi connectivity index (χ4v) is 5.85. The minimum atomic E-state index is -0.393. The minimum absolute atomic E-state index is 0.0138. The number of hydrogen-bond acceptors (Lipinski definition) is 5. The lowest BCUT2D eigenvalue weighted by molar-refractivity contribution is -0.126. The molecule has 0 radical (unpaired) electrons. The number of hydrogen-bond donors (Lipinski definition) is 4. The maximum absolute atomic E-state index is 14.0. The van der Waals surface area contributed by atoms with Gasteiger partial charge in [-0.05, 0) is 62.6 Å². The van der Waals surface area contributed by atoms with Crippen molar-refractivity contribution >= 4 is 41.0 Å². The molecular weight excluding hydrogens is 537 g/mol. The first-order valence-corrected chi connectivity index (χ1v) is 15.0. The predicted molar refractivity (Wildman–Crippen MR) is 158 cm³/mol. The SMILES string of the molecule is CC[C@H](N)/C(CSCc1c(F)cccc1Cl)=N/NC(=O)NCC1CCC(C(=O)NCc2ccc(C)cc2)CC1.